The maximum absolute atomic E-state index is 11.8. The number of hydrogen-bond acceptors (Lipinski definition) is 4. The van der Waals surface area contributed by atoms with Crippen molar-refractivity contribution in [1.29, 1.82) is 0 Å². The first kappa shape index (κ1) is 15.5. The van der Waals surface area contributed by atoms with Gasteiger partial charge in [0.1, 0.15) is 0 Å². The Morgan fingerprint density at radius 2 is 2.05 bits per heavy atom. The smallest absolute Gasteiger partial charge is 0.237 e. The molecule has 1 atom stereocenters. The molecule has 2 rings (SSSR count). The second-order valence-electron chi connectivity index (χ2n) is 4.83. The molecule has 0 saturated carbocycles. The third-order valence-electron chi connectivity index (χ3n) is 3.14. The van der Waals surface area contributed by atoms with Crippen molar-refractivity contribution < 1.29 is 13.2 Å². The quantitative estimate of drug-likeness (QED) is 0.569. The van der Waals surface area contributed by atoms with Gasteiger partial charge in [-0.15, -0.1) is 0 Å². The Morgan fingerprint density at radius 3 is 2.76 bits per heavy atom. The number of carbonyl (C=O) groups excluding carboxylic acids is 1. The number of fused-ring (bicyclic) bond motifs is 1. The van der Waals surface area contributed by atoms with E-state index in [1.807, 2.05) is 30.5 Å². The van der Waals surface area contributed by atoms with E-state index in [1.54, 1.807) is 0 Å². The van der Waals surface area contributed by atoms with Crippen LogP contribution >= 0.6 is 0 Å². The van der Waals surface area contributed by atoms with Crippen LogP contribution in [0.25, 0.3) is 10.9 Å². The maximum Gasteiger partial charge on any atom is 0.237 e. The number of amides is 1. The van der Waals surface area contributed by atoms with E-state index >= 15 is 0 Å². The molecule has 1 heterocycles. The number of nitrogens with one attached hydrogen (secondary N) is 2. The van der Waals surface area contributed by atoms with Gasteiger partial charge in [-0.05, 0) is 18.1 Å². The molecule has 6 N–H and O–H groups in total. The highest BCUT2D eigenvalue weighted by molar-refractivity contribution is 7.89. The molecule has 0 unspecified atom stereocenters. The number of rotatable bonds is 6. The number of aromatic nitrogens is 1. The van der Waals surface area contributed by atoms with Gasteiger partial charge in [0, 0.05) is 23.6 Å². The molecular formula is C13H18N4O3S. The Kier molecular flexibility index (Phi) is 4.61. The Hall–Kier alpha value is -1.90. The zero-order valence-electron chi connectivity index (χ0n) is 11.4. The van der Waals surface area contributed by atoms with E-state index in [2.05, 4.69) is 10.3 Å². The average Bonchev–Trinajstić information content (AvgIpc) is 2.80. The SMILES string of the molecule is N[C@@H](Cc1c[nH]c2ccccc12)C(=O)NCCS(N)(=O)=O. The number of primary sulfonamides is 1. The van der Waals surface area contributed by atoms with Crippen LogP contribution in [0.4, 0.5) is 0 Å². The van der Waals surface area contributed by atoms with Gasteiger partial charge in [-0.3, -0.25) is 4.79 Å². The highest BCUT2D eigenvalue weighted by Gasteiger charge is 2.16. The third-order valence-corrected chi connectivity index (χ3v) is 3.91. The Labute approximate surface area is 122 Å². The molecule has 1 amide bonds. The van der Waals surface area contributed by atoms with Crippen LogP contribution in [-0.4, -0.2) is 37.6 Å². The van der Waals surface area contributed by atoms with E-state index in [1.165, 1.54) is 0 Å². The van der Waals surface area contributed by atoms with E-state index in [9.17, 15) is 13.2 Å². The summed E-state index contributed by atoms with van der Waals surface area (Å²) in [5.74, 6) is -0.706. The second-order valence-corrected chi connectivity index (χ2v) is 6.56. The molecule has 1 aromatic carbocycles. The third kappa shape index (κ3) is 4.28. The van der Waals surface area contributed by atoms with Gasteiger partial charge in [0.15, 0.2) is 0 Å². The van der Waals surface area contributed by atoms with Gasteiger partial charge < -0.3 is 16.0 Å². The summed E-state index contributed by atoms with van der Waals surface area (Å²) in [5, 5.41) is 8.34. The molecule has 0 fully saturated rings. The molecule has 1 aromatic heterocycles. The van der Waals surface area contributed by atoms with Gasteiger partial charge in [-0.2, -0.15) is 0 Å². The van der Waals surface area contributed by atoms with Crippen molar-refractivity contribution in [3.8, 4) is 0 Å². The van der Waals surface area contributed by atoms with Crippen molar-refractivity contribution in [2.24, 2.45) is 10.9 Å². The largest absolute Gasteiger partial charge is 0.361 e. The fourth-order valence-corrected chi connectivity index (χ4v) is 2.46. The molecule has 0 aliphatic heterocycles. The fourth-order valence-electron chi connectivity index (χ4n) is 2.08. The predicted octanol–water partition coefficient (Wildman–Crippen LogP) is -0.558. The fraction of sp³-hybridized carbons (Fsp3) is 0.308. The van der Waals surface area contributed by atoms with Crippen molar-refractivity contribution in [3.05, 3.63) is 36.0 Å². The molecule has 7 nitrogen and oxygen atoms in total. The summed E-state index contributed by atoms with van der Waals surface area (Å²) in [5.41, 5.74) is 7.77. The summed E-state index contributed by atoms with van der Waals surface area (Å²) in [6, 6.07) is 6.98. The van der Waals surface area contributed by atoms with Crippen LogP contribution in [0.15, 0.2) is 30.5 Å². The summed E-state index contributed by atoms with van der Waals surface area (Å²) in [4.78, 5) is 14.9. The summed E-state index contributed by atoms with van der Waals surface area (Å²) in [6.07, 6.45) is 2.19. The molecule has 0 radical (unpaired) electrons. The lowest BCUT2D eigenvalue weighted by atomic mass is 10.1. The molecule has 21 heavy (non-hydrogen) atoms. The van der Waals surface area contributed by atoms with Gasteiger partial charge >= 0.3 is 0 Å². The average molecular weight is 310 g/mol. The minimum absolute atomic E-state index is 0.0424. The van der Waals surface area contributed by atoms with Crippen molar-refractivity contribution in [3.63, 3.8) is 0 Å². The summed E-state index contributed by atoms with van der Waals surface area (Å²) < 4.78 is 21.6. The minimum atomic E-state index is -3.58. The molecule has 114 valence electrons. The predicted molar refractivity (Wildman–Crippen MR) is 81.0 cm³/mol. The van der Waals surface area contributed by atoms with Crippen LogP contribution in [0.2, 0.25) is 0 Å². The van der Waals surface area contributed by atoms with Crippen molar-refractivity contribution >= 4 is 26.8 Å². The van der Waals surface area contributed by atoms with E-state index in [0.717, 1.165) is 16.5 Å². The van der Waals surface area contributed by atoms with Crippen LogP contribution in [0.1, 0.15) is 5.56 Å². The van der Waals surface area contributed by atoms with Crippen LogP contribution in [0.5, 0.6) is 0 Å². The molecule has 0 spiro atoms. The lowest BCUT2D eigenvalue weighted by Gasteiger charge is -2.11. The molecule has 2 aromatic rings. The standard InChI is InChI=1S/C13H18N4O3S/c14-11(13(18)16-5-6-21(15,19)20)7-9-8-17-12-4-2-1-3-10(9)12/h1-4,8,11,17H,5-7,14H2,(H,16,18)(H2,15,19,20)/t11-/m0/s1. The van der Waals surface area contributed by atoms with E-state index in [0.29, 0.717) is 6.42 Å². The number of benzene rings is 1. The first-order chi connectivity index (χ1) is 9.87. The monoisotopic (exact) mass is 310 g/mol. The first-order valence-corrected chi connectivity index (χ1v) is 8.17. The number of para-hydroxylation sites is 1. The highest BCUT2D eigenvalue weighted by Crippen LogP contribution is 2.18. The molecule has 0 aliphatic carbocycles. The van der Waals surface area contributed by atoms with Gasteiger partial charge in [-0.1, -0.05) is 18.2 Å². The second kappa shape index (κ2) is 6.25. The first-order valence-electron chi connectivity index (χ1n) is 6.45. The number of nitrogens with two attached hydrogens (primary N) is 2. The zero-order valence-corrected chi connectivity index (χ0v) is 12.2. The van der Waals surface area contributed by atoms with Gasteiger partial charge in [0.05, 0.1) is 11.8 Å². The van der Waals surface area contributed by atoms with E-state index in [-0.39, 0.29) is 12.3 Å². The molecule has 0 aliphatic rings. The topological polar surface area (TPSA) is 131 Å². The normalized spacial score (nSPS) is 13.2. The number of sulfonamides is 1. The molecule has 0 saturated heterocycles. The number of aromatic amines is 1. The van der Waals surface area contributed by atoms with E-state index in [4.69, 9.17) is 10.9 Å². The van der Waals surface area contributed by atoms with Gasteiger partial charge in [-0.25, -0.2) is 13.6 Å². The highest BCUT2D eigenvalue weighted by atomic mass is 32.2. The van der Waals surface area contributed by atoms with Crippen molar-refractivity contribution in [1.82, 2.24) is 10.3 Å². The summed E-state index contributed by atoms with van der Waals surface area (Å²) in [6.45, 7) is -0.0424. The molecule has 0 bridgehead atoms. The lowest BCUT2D eigenvalue weighted by Crippen LogP contribution is -2.43. The summed E-state index contributed by atoms with van der Waals surface area (Å²) >= 11 is 0. The Bertz CT molecular complexity index is 739. The van der Waals surface area contributed by atoms with Crippen LogP contribution in [0.3, 0.4) is 0 Å². The van der Waals surface area contributed by atoms with E-state index < -0.39 is 22.0 Å². The Balaban J connectivity index is 1.94. The minimum Gasteiger partial charge on any atom is -0.361 e. The lowest BCUT2D eigenvalue weighted by molar-refractivity contribution is -0.122. The number of H-pyrrole nitrogens is 1. The van der Waals surface area contributed by atoms with Crippen LogP contribution in [-0.2, 0) is 21.2 Å². The molecular weight excluding hydrogens is 292 g/mol. The van der Waals surface area contributed by atoms with Crippen LogP contribution < -0.4 is 16.2 Å². The molecule has 8 heteroatoms. The Morgan fingerprint density at radius 1 is 1.33 bits per heavy atom. The maximum atomic E-state index is 11.8. The number of carbonyl (C=O) groups is 1. The van der Waals surface area contributed by atoms with Gasteiger partial charge in [0.2, 0.25) is 15.9 Å². The summed E-state index contributed by atoms with van der Waals surface area (Å²) in [7, 11) is -3.58. The van der Waals surface area contributed by atoms with Crippen molar-refractivity contribution in [2.75, 3.05) is 12.3 Å². The van der Waals surface area contributed by atoms with Crippen molar-refractivity contribution in [2.45, 2.75) is 12.5 Å². The zero-order chi connectivity index (χ0) is 15.5. The van der Waals surface area contributed by atoms with Crippen LogP contribution in [0, 0.1) is 0 Å². The number of hydrogen-bond donors (Lipinski definition) is 4. The van der Waals surface area contributed by atoms with Gasteiger partial charge in [0.25, 0.3) is 0 Å².